The third-order valence-corrected chi connectivity index (χ3v) is 4.59. The van der Waals surface area contributed by atoms with Gasteiger partial charge in [-0.15, -0.1) is 0 Å². The average molecular weight is 395 g/mol. The SMILES string of the molecule is CCOC(=O)[C@H](CS)CC(=O)C(C)(C)SC(=O)OCOC(=O)C(C)C. The van der Waals surface area contributed by atoms with Crippen molar-refractivity contribution in [3.63, 3.8) is 0 Å². The van der Waals surface area contributed by atoms with Crippen LogP contribution in [0.4, 0.5) is 4.79 Å². The lowest BCUT2D eigenvalue weighted by atomic mass is 9.97. The molecule has 0 unspecified atom stereocenters. The molecule has 0 fully saturated rings. The second kappa shape index (κ2) is 11.4. The minimum absolute atomic E-state index is 0.0854. The maximum Gasteiger partial charge on any atom is 0.371 e. The van der Waals surface area contributed by atoms with Crippen molar-refractivity contribution in [2.24, 2.45) is 11.8 Å². The van der Waals surface area contributed by atoms with Crippen LogP contribution < -0.4 is 0 Å². The van der Waals surface area contributed by atoms with E-state index in [9.17, 15) is 19.2 Å². The Hall–Kier alpha value is -1.22. The number of thiol groups is 1. The summed E-state index contributed by atoms with van der Waals surface area (Å²) < 4.78 is 13.3. The Morgan fingerprint density at radius 1 is 1.04 bits per heavy atom. The monoisotopic (exact) mass is 394 g/mol. The summed E-state index contributed by atoms with van der Waals surface area (Å²) in [5.74, 6) is -2.11. The predicted molar refractivity (Wildman–Crippen MR) is 97.5 cm³/mol. The van der Waals surface area contributed by atoms with E-state index in [1.165, 1.54) is 0 Å². The maximum atomic E-state index is 12.4. The molecule has 0 amide bonds. The summed E-state index contributed by atoms with van der Waals surface area (Å²) in [5.41, 5.74) is 0. The van der Waals surface area contributed by atoms with Crippen LogP contribution in [0, 0.1) is 11.8 Å². The number of Topliss-reactive ketones (excluding diaryl/α,β-unsaturated/α-hetero) is 1. The van der Waals surface area contributed by atoms with Crippen LogP contribution in [-0.4, -0.2) is 46.9 Å². The van der Waals surface area contributed by atoms with Crippen LogP contribution in [0.3, 0.4) is 0 Å². The standard InChI is InChI=1S/C16H26O7S2/c1-6-21-14(19)11(8-24)7-12(17)16(4,5)25-15(20)23-9-22-13(18)10(2)3/h10-11,24H,6-9H2,1-5H3/t11-/m0/s1. The van der Waals surface area contributed by atoms with E-state index >= 15 is 0 Å². The van der Waals surface area contributed by atoms with Gasteiger partial charge < -0.3 is 14.2 Å². The first-order chi connectivity index (χ1) is 11.5. The first kappa shape index (κ1) is 23.8. The summed E-state index contributed by atoms with van der Waals surface area (Å²) in [4.78, 5) is 47.2. The lowest BCUT2D eigenvalue weighted by molar-refractivity contribution is -0.155. The number of hydrogen-bond donors (Lipinski definition) is 1. The van der Waals surface area contributed by atoms with E-state index < -0.39 is 34.7 Å². The van der Waals surface area contributed by atoms with Crippen molar-refractivity contribution in [1.29, 1.82) is 0 Å². The maximum absolute atomic E-state index is 12.4. The van der Waals surface area contributed by atoms with Crippen molar-refractivity contribution in [2.45, 2.75) is 45.8 Å². The molecule has 0 saturated carbocycles. The minimum atomic E-state index is -1.10. The first-order valence-electron chi connectivity index (χ1n) is 7.88. The van der Waals surface area contributed by atoms with E-state index in [0.717, 1.165) is 0 Å². The molecule has 0 radical (unpaired) electrons. The smallest absolute Gasteiger partial charge is 0.371 e. The van der Waals surface area contributed by atoms with Gasteiger partial charge in [-0.3, -0.25) is 14.4 Å². The number of thioether (sulfide) groups is 1. The number of rotatable bonds is 10. The Balaban J connectivity index is 4.53. The second-order valence-corrected chi connectivity index (χ2v) is 7.92. The number of ether oxygens (including phenoxy) is 3. The van der Waals surface area contributed by atoms with Gasteiger partial charge in [0.15, 0.2) is 0 Å². The molecule has 0 N–H and O–H groups in total. The fourth-order valence-corrected chi connectivity index (χ4v) is 2.55. The number of carbonyl (C=O) groups is 4. The molecule has 144 valence electrons. The molecule has 0 heterocycles. The molecule has 0 spiro atoms. The molecule has 0 bridgehead atoms. The van der Waals surface area contributed by atoms with Gasteiger partial charge in [0.05, 0.1) is 23.2 Å². The van der Waals surface area contributed by atoms with Crippen molar-refractivity contribution >= 4 is 47.4 Å². The van der Waals surface area contributed by atoms with Gasteiger partial charge >= 0.3 is 17.2 Å². The van der Waals surface area contributed by atoms with E-state index in [4.69, 9.17) is 14.2 Å². The van der Waals surface area contributed by atoms with Crippen molar-refractivity contribution in [2.75, 3.05) is 19.2 Å². The average Bonchev–Trinajstić information content (AvgIpc) is 2.51. The molecule has 9 heteroatoms. The fraction of sp³-hybridized carbons (Fsp3) is 0.750. The Bertz CT molecular complexity index is 489. The highest BCUT2D eigenvalue weighted by atomic mass is 32.2. The lowest BCUT2D eigenvalue weighted by Crippen LogP contribution is -2.34. The van der Waals surface area contributed by atoms with Crippen molar-refractivity contribution in [1.82, 2.24) is 0 Å². The molecule has 7 nitrogen and oxygen atoms in total. The van der Waals surface area contributed by atoms with Crippen LogP contribution in [0.5, 0.6) is 0 Å². The van der Waals surface area contributed by atoms with Crippen LogP contribution >= 0.6 is 24.4 Å². The quantitative estimate of drug-likeness (QED) is 0.343. The molecule has 1 atom stereocenters. The third-order valence-electron chi connectivity index (χ3n) is 3.13. The Labute approximate surface area is 157 Å². The summed E-state index contributed by atoms with van der Waals surface area (Å²) in [5, 5.41) is -0.742. The van der Waals surface area contributed by atoms with Gasteiger partial charge in [0, 0.05) is 12.2 Å². The normalized spacial score (nSPS) is 12.4. The molecular formula is C16H26O7S2. The van der Waals surface area contributed by atoms with Crippen molar-refractivity contribution < 1.29 is 33.4 Å². The summed E-state index contributed by atoms with van der Waals surface area (Å²) in [6.45, 7) is 7.82. The molecule has 0 aromatic carbocycles. The van der Waals surface area contributed by atoms with Gasteiger partial charge in [-0.25, -0.2) is 4.79 Å². The molecule has 0 aliphatic carbocycles. The van der Waals surface area contributed by atoms with Crippen LogP contribution in [0.25, 0.3) is 0 Å². The summed E-state index contributed by atoms with van der Waals surface area (Å²) in [6, 6.07) is 0. The van der Waals surface area contributed by atoms with E-state index in [1.54, 1.807) is 34.6 Å². The molecule has 0 aliphatic rings. The number of carbonyl (C=O) groups excluding carboxylic acids is 4. The van der Waals surface area contributed by atoms with E-state index in [0.29, 0.717) is 11.8 Å². The predicted octanol–water partition coefficient (Wildman–Crippen LogP) is 2.86. The molecule has 0 saturated heterocycles. The van der Waals surface area contributed by atoms with Gasteiger partial charge in [0.25, 0.3) is 0 Å². The van der Waals surface area contributed by atoms with Gasteiger partial charge in [-0.05, 0) is 32.5 Å². The highest BCUT2D eigenvalue weighted by molar-refractivity contribution is 8.15. The van der Waals surface area contributed by atoms with Gasteiger partial charge in [0.2, 0.25) is 6.79 Å². The highest BCUT2D eigenvalue weighted by Crippen LogP contribution is 2.30. The summed E-state index contributed by atoms with van der Waals surface area (Å²) in [7, 11) is 0. The third kappa shape index (κ3) is 9.15. The lowest BCUT2D eigenvalue weighted by Gasteiger charge is -2.23. The molecule has 25 heavy (non-hydrogen) atoms. The number of ketones is 1. The molecule has 0 aliphatic heterocycles. The molecule has 0 aromatic rings. The van der Waals surface area contributed by atoms with Gasteiger partial charge in [-0.1, -0.05) is 13.8 Å². The van der Waals surface area contributed by atoms with Crippen molar-refractivity contribution in [3.05, 3.63) is 0 Å². The van der Waals surface area contributed by atoms with Gasteiger partial charge in [-0.2, -0.15) is 12.6 Å². The van der Waals surface area contributed by atoms with Gasteiger partial charge in [0.1, 0.15) is 5.78 Å². The zero-order valence-electron chi connectivity index (χ0n) is 15.2. The summed E-state index contributed by atoms with van der Waals surface area (Å²) in [6.07, 6.45) is -0.0854. The zero-order valence-corrected chi connectivity index (χ0v) is 16.9. The van der Waals surface area contributed by atoms with Crippen LogP contribution in [0.2, 0.25) is 0 Å². The summed E-state index contributed by atoms with van der Waals surface area (Å²) >= 11 is 4.74. The second-order valence-electron chi connectivity index (χ2n) is 6.00. The Morgan fingerprint density at radius 2 is 1.64 bits per heavy atom. The Morgan fingerprint density at radius 3 is 2.12 bits per heavy atom. The van der Waals surface area contributed by atoms with Crippen LogP contribution in [0.1, 0.15) is 41.0 Å². The van der Waals surface area contributed by atoms with Crippen LogP contribution in [0.15, 0.2) is 0 Å². The molecular weight excluding hydrogens is 368 g/mol. The van der Waals surface area contributed by atoms with E-state index in [2.05, 4.69) is 12.6 Å². The number of esters is 2. The highest BCUT2D eigenvalue weighted by Gasteiger charge is 2.35. The Kier molecular flexibility index (Phi) is 10.8. The van der Waals surface area contributed by atoms with Crippen LogP contribution in [-0.2, 0) is 28.6 Å². The largest absolute Gasteiger partial charge is 0.466 e. The van der Waals surface area contributed by atoms with Crippen molar-refractivity contribution in [3.8, 4) is 0 Å². The number of hydrogen-bond acceptors (Lipinski definition) is 9. The zero-order chi connectivity index (χ0) is 19.6. The topological polar surface area (TPSA) is 96.0 Å². The van der Waals surface area contributed by atoms with E-state index in [-0.39, 0.29) is 30.5 Å². The molecule has 0 aromatic heterocycles. The minimum Gasteiger partial charge on any atom is -0.466 e. The van der Waals surface area contributed by atoms with E-state index in [1.807, 2.05) is 0 Å². The molecule has 0 rings (SSSR count). The fourth-order valence-electron chi connectivity index (χ4n) is 1.55. The first-order valence-corrected chi connectivity index (χ1v) is 9.33.